The Balaban J connectivity index is 1.43. The zero-order valence-electron chi connectivity index (χ0n) is 14.3. The summed E-state index contributed by atoms with van der Waals surface area (Å²) in [4.78, 5) is 18.1. The molecule has 2 aliphatic heterocycles. The van der Waals surface area contributed by atoms with Crippen molar-refractivity contribution >= 4 is 5.91 Å². The van der Waals surface area contributed by atoms with Crippen LogP contribution in [0, 0.1) is 5.41 Å². The minimum atomic E-state index is 0.126. The van der Waals surface area contributed by atoms with Crippen molar-refractivity contribution in [3.8, 4) is 5.75 Å². The lowest BCUT2D eigenvalue weighted by Gasteiger charge is -2.38. The average molecular weight is 334 g/mol. The molecule has 1 amide bonds. The highest BCUT2D eigenvalue weighted by atomic mass is 16.5. The third kappa shape index (κ3) is 4.24. The maximum absolute atomic E-state index is 12.1. The first-order valence-corrected chi connectivity index (χ1v) is 8.62. The fourth-order valence-electron chi connectivity index (χ4n) is 3.55. The van der Waals surface area contributed by atoms with Gasteiger partial charge in [0.15, 0.2) is 0 Å². The number of rotatable bonds is 6. The molecule has 1 spiro atoms. The standard InChI is InChI=1S/C18H26N2O4/c1-22-10-4-17(21)20-8-5-18(6-9-20)11-16(24-14-18)13-23-15-3-2-7-19-12-15/h2-3,7,12,16H,4-6,8-11,13-14H2,1H3. The van der Waals surface area contributed by atoms with E-state index >= 15 is 0 Å². The van der Waals surface area contributed by atoms with E-state index in [1.54, 1.807) is 19.5 Å². The number of methoxy groups -OCH3 is 1. The zero-order chi connectivity index (χ0) is 16.8. The van der Waals surface area contributed by atoms with Gasteiger partial charge in [0.2, 0.25) is 5.91 Å². The van der Waals surface area contributed by atoms with Crippen LogP contribution in [-0.4, -0.2) is 61.9 Å². The first-order valence-electron chi connectivity index (χ1n) is 8.62. The molecule has 2 aliphatic rings. The molecule has 1 aromatic heterocycles. The molecule has 1 unspecified atom stereocenters. The second-order valence-electron chi connectivity index (χ2n) is 6.76. The Hall–Kier alpha value is -1.66. The summed E-state index contributed by atoms with van der Waals surface area (Å²) in [7, 11) is 1.63. The molecule has 0 bridgehead atoms. The van der Waals surface area contributed by atoms with E-state index in [0.29, 0.717) is 19.6 Å². The fraction of sp³-hybridized carbons (Fsp3) is 0.667. The third-order valence-electron chi connectivity index (χ3n) is 5.05. The quantitative estimate of drug-likeness (QED) is 0.795. The van der Waals surface area contributed by atoms with Crippen molar-refractivity contribution in [2.75, 3.05) is 40.0 Å². The van der Waals surface area contributed by atoms with Gasteiger partial charge in [-0.05, 0) is 36.8 Å². The first-order chi connectivity index (χ1) is 11.7. The maximum atomic E-state index is 12.1. The van der Waals surface area contributed by atoms with Crippen LogP contribution in [0.3, 0.4) is 0 Å². The van der Waals surface area contributed by atoms with Crippen LogP contribution in [0.2, 0.25) is 0 Å². The molecule has 2 fully saturated rings. The summed E-state index contributed by atoms with van der Waals surface area (Å²) < 4.78 is 16.7. The molecule has 132 valence electrons. The molecular formula is C18H26N2O4. The molecule has 3 rings (SSSR count). The summed E-state index contributed by atoms with van der Waals surface area (Å²) in [5.74, 6) is 0.975. The van der Waals surface area contributed by atoms with E-state index in [0.717, 1.165) is 44.7 Å². The molecule has 1 aromatic rings. The van der Waals surface area contributed by atoms with Crippen LogP contribution in [0.5, 0.6) is 5.75 Å². The Morgan fingerprint density at radius 2 is 2.29 bits per heavy atom. The summed E-state index contributed by atoms with van der Waals surface area (Å²) in [6.45, 7) is 3.47. The minimum Gasteiger partial charge on any atom is -0.489 e. The topological polar surface area (TPSA) is 60.9 Å². The van der Waals surface area contributed by atoms with Gasteiger partial charge in [0.05, 0.1) is 31.9 Å². The normalized spacial score (nSPS) is 22.7. The zero-order valence-corrected chi connectivity index (χ0v) is 14.3. The van der Waals surface area contributed by atoms with Gasteiger partial charge in [-0.1, -0.05) is 0 Å². The van der Waals surface area contributed by atoms with E-state index < -0.39 is 0 Å². The molecule has 0 radical (unpaired) electrons. The number of piperidine rings is 1. The predicted octanol–water partition coefficient (Wildman–Crippen LogP) is 1.89. The molecule has 0 saturated carbocycles. The predicted molar refractivity (Wildman–Crippen MR) is 88.8 cm³/mol. The highest BCUT2D eigenvalue weighted by molar-refractivity contribution is 5.76. The summed E-state index contributed by atoms with van der Waals surface area (Å²) in [5.41, 5.74) is 0.209. The lowest BCUT2D eigenvalue weighted by atomic mass is 9.76. The Bertz CT molecular complexity index is 529. The fourth-order valence-corrected chi connectivity index (χ4v) is 3.55. The van der Waals surface area contributed by atoms with Crippen molar-refractivity contribution in [1.82, 2.24) is 9.88 Å². The van der Waals surface area contributed by atoms with Crippen molar-refractivity contribution < 1.29 is 19.0 Å². The SMILES string of the molecule is COCCC(=O)N1CCC2(CC1)COC(COc1cccnc1)C2. The molecule has 0 aliphatic carbocycles. The minimum absolute atomic E-state index is 0.126. The van der Waals surface area contributed by atoms with Crippen molar-refractivity contribution in [2.24, 2.45) is 5.41 Å². The van der Waals surface area contributed by atoms with E-state index in [9.17, 15) is 4.79 Å². The maximum Gasteiger partial charge on any atom is 0.224 e. The number of nitrogens with zero attached hydrogens (tertiary/aromatic N) is 2. The van der Waals surface area contributed by atoms with E-state index in [1.165, 1.54) is 0 Å². The second kappa shape index (κ2) is 7.94. The van der Waals surface area contributed by atoms with Gasteiger partial charge in [0.1, 0.15) is 12.4 Å². The van der Waals surface area contributed by atoms with Crippen molar-refractivity contribution in [3.05, 3.63) is 24.5 Å². The van der Waals surface area contributed by atoms with Gasteiger partial charge in [-0.25, -0.2) is 0 Å². The Morgan fingerprint density at radius 3 is 3.00 bits per heavy atom. The average Bonchev–Trinajstić information content (AvgIpc) is 3.02. The van der Waals surface area contributed by atoms with Crippen LogP contribution >= 0.6 is 0 Å². The van der Waals surface area contributed by atoms with E-state index in [4.69, 9.17) is 14.2 Å². The largest absolute Gasteiger partial charge is 0.489 e. The number of carbonyl (C=O) groups excluding carboxylic acids is 1. The van der Waals surface area contributed by atoms with Crippen molar-refractivity contribution in [2.45, 2.75) is 31.8 Å². The number of likely N-dealkylation sites (tertiary alicyclic amines) is 1. The number of hydrogen-bond donors (Lipinski definition) is 0. The Kier molecular flexibility index (Phi) is 5.68. The van der Waals surface area contributed by atoms with Crippen molar-refractivity contribution in [3.63, 3.8) is 0 Å². The smallest absolute Gasteiger partial charge is 0.224 e. The summed E-state index contributed by atoms with van der Waals surface area (Å²) >= 11 is 0. The Morgan fingerprint density at radius 1 is 1.46 bits per heavy atom. The van der Waals surface area contributed by atoms with Crippen LogP contribution < -0.4 is 4.74 Å². The van der Waals surface area contributed by atoms with Gasteiger partial charge in [-0.3, -0.25) is 9.78 Å². The molecule has 0 aromatic carbocycles. The van der Waals surface area contributed by atoms with Crippen LogP contribution in [0.4, 0.5) is 0 Å². The highest BCUT2D eigenvalue weighted by Crippen LogP contribution is 2.42. The number of ether oxygens (including phenoxy) is 3. The molecule has 3 heterocycles. The van der Waals surface area contributed by atoms with Crippen LogP contribution in [0.1, 0.15) is 25.7 Å². The number of amides is 1. The summed E-state index contributed by atoms with van der Waals surface area (Å²) in [6, 6.07) is 3.77. The van der Waals surface area contributed by atoms with Gasteiger partial charge in [0.25, 0.3) is 0 Å². The van der Waals surface area contributed by atoms with Gasteiger partial charge < -0.3 is 19.1 Å². The first kappa shape index (κ1) is 17.2. The van der Waals surface area contributed by atoms with Gasteiger partial charge in [-0.2, -0.15) is 0 Å². The summed E-state index contributed by atoms with van der Waals surface area (Å²) in [6.07, 6.45) is 7.07. The molecule has 6 nitrogen and oxygen atoms in total. The lowest BCUT2D eigenvalue weighted by Crippen LogP contribution is -2.43. The van der Waals surface area contributed by atoms with Crippen LogP contribution in [0.25, 0.3) is 0 Å². The second-order valence-corrected chi connectivity index (χ2v) is 6.76. The molecule has 6 heteroatoms. The molecular weight excluding hydrogens is 308 g/mol. The van der Waals surface area contributed by atoms with Gasteiger partial charge in [0, 0.05) is 26.4 Å². The third-order valence-corrected chi connectivity index (χ3v) is 5.05. The van der Waals surface area contributed by atoms with E-state index in [1.807, 2.05) is 17.0 Å². The van der Waals surface area contributed by atoms with Gasteiger partial charge >= 0.3 is 0 Å². The number of hydrogen-bond acceptors (Lipinski definition) is 5. The molecule has 1 atom stereocenters. The molecule has 0 N–H and O–H groups in total. The highest BCUT2D eigenvalue weighted by Gasteiger charge is 2.43. The Labute approximate surface area is 143 Å². The monoisotopic (exact) mass is 334 g/mol. The number of aromatic nitrogens is 1. The van der Waals surface area contributed by atoms with Crippen LogP contribution in [0.15, 0.2) is 24.5 Å². The lowest BCUT2D eigenvalue weighted by molar-refractivity contribution is -0.134. The van der Waals surface area contributed by atoms with E-state index in [-0.39, 0.29) is 17.4 Å². The number of carbonyl (C=O) groups is 1. The van der Waals surface area contributed by atoms with E-state index in [2.05, 4.69) is 4.98 Å². The van der Waals surface area contributed by atoms with Gasteiger partial charge in [-0.15, -0.1) is 0 Å². The van der Waals surface area contributed by atoms with Crippen molar-refractivity contribution in [1.29, 1.82) is 0 Å². The summed E-state index contributed by atoms with van der Waals surface area (Å²) in [5, 5.41) is 0. The van der Waals surface area contributed by atoms with Crippen LogP contribution in [-0.2, 0) is 14.3 Å². The molecule has 2 saturated heterocycles. The number of pyridine rings is 1. The molecule has 24 heavy (non-hydrogen) atoms.